The maximum absolute atomic E-state index is 11.9. The van der Waals surface area contributed by atoms with Gasteiger partial charge in [0.15, 0.2) is 5.96 Å². The first-order valence-electron chi connectivity index (χ1n) is 8.03. The summed E-state index contributed by atoms with van der Waals surface area (Å²) < 4.78 is 5.10. The van der Waals surface area contributed by atoms with E-state index >= 15 is 0 Å². The molecule has 0 bridgehead atoms. The number of hydrogen-bond acceptors (Lipinski definition) is 3. The maximum atomic E-state index is 11.9. The molecule has 0 saturated heterocycles. The Morgan fingerprint density at radius 3 is 2.42 bits per heavy atom. The number of unbranched alkanes of at least 4 members (excludes halogenated alkanes) is 2. The SMILES string of the molecule is CCCCCNC(=NC)NCC(=O)NCc1ccc(OC)cc1.I. The Bertz CT molecular complexity index is 492. The lowest BCUT2D eigenvalue weighted by molar-refractivity contribution is -0.120. The van der Waals surface area contributed by atoms with Crippen molar-refractivity contribution in [3.63, 3.8) is 0 Å². The smallest absolute Gasteiger partial charge is 0.239 e. The Morgan fingerprint density at radius 2 is 1.83 bits per heavy atom. The van der Waals surface area contributed by atoms with Crippen molar-refractivity contribution in [2.24, 2.45) is 4.99 Å². The van der Waals surface area contributed by atoms with Crippen LogP contribution in [0.25, 0.3) is 0 Å². The first-order chi connectivity index (χ1) is 11.2. The summed E-state index contributed by atoms with van der Waals surface area (Å²) in [5.41, 5.74) is 1.03. The molecule has 0 aromatic heterocycles. The van der Waals surface area contributed by atoms with Crippen LogP contribution in [0.2, 0.25) is 0 Å². The summed E-state index contributed by atoms with van der Waals surface area (Å²) in [5.74, 6) is 1.39. The Labute approximate surface area is 161 Å². The van der Waals surface area contributed by atoms with E-state index in [-0.39, 0.29) is 36.4 Å². The van der Waals surface area contributed by atoms with Crippen molar-refractivity contribution in [1.82, 2.24) is 16.0 Å². The molecule has 136 valence electrons. The van der Waals surface area contributed by atoms with Gasteiger partial charge in [-0.15, -0.1) is 24.0 Å². The van der Waals surface area contributed by atoms with Crippen molar-refractivity contribution in [3.8, 4) is 5.75 Å². The van der Waals surface area contributed by atoms with Gasteiger partial charge in [0.05, 0.1) is 13.7 Å². The van der Waals surface area contributed by atoms with E-state index in [1.807, 2.05) is 24.3 Å². The minimum absolute atomic E-state index is 0. The quantitative estimate of drug-likeness (QED) is 0.235. The number of halogens is 1. The average molecular weight is 448 g/mol. The second kappa shape index (κ2) is 13.9. The number of carbonyl (C=O) groups is 1. The second-order valence-corrected chi connectivity index (χ2v) is 5.18. The highest BCUT2D eigenvalue weighted by molar-refractivity contribution is 14.0. The monoisotopic (exact) mass is 448 g/mol. The molecule has 1 aromatic rings. The fourth-order valence-electron chi connectivity index (χ4n) is 1.97. The van der Waals surface area contributed by atoms with Gasteiger partial charge >= 0.3 is 0 Å². The van der Waals surface area contributed by atoms with E-state index in [1.54, 1.807) is 14.2 Å². The average Bonchev–Trinajstić information content (AvgIpc) is 2.59. The molecular formula is C17H29IN4O2. The van der Waals surface area contributed by atoms with E-state index in [0.29, 0.717) is 12.5 Å². The van der Waals surface area contributed by atoms with Gasteiger partial charge in [-0.1, -0.05) is 31.9 Å². The largest absolute Gasteiger partial charge is 0.497 e. The summed E-state index contributed by atoms with van der Waals surface area (Å²) in [4.78, 5) is 16.0. The number of methoxy groups -OCH3 is 1. The first-order valence-corrected chi connectivity index (χ1v) is 8.03. The van der Waals surface area contributed by atoms with Crippen LogP contribution in [0.3, 0.4) is 0 Å². The summed E-state index contributed by atoms with van der Waals surface area (Å²) in [6, 6.07) is 7.62. The molecule has 0 radical (unpaired) electrons. The van der Waals surface area contributed by atoms with Crippen LogP contribution in [-0.4, -0.2) is 39.1 Å². The van der Waals surface area contributed by atoms with E-state index in [4.69, 9.17) is 4.74 Å². The molecule has 0 fully saturated rings. The highest BCUT2D eigenvalue weighted by Gasteiger charge is 2.03. The number of ether oxygens (including phenoxy) is 1. The Kier molecular flexibility index (Phi) is 13.0. The van der Waals surface area contributed by atoms with Gasteiger partial charge < -0.3 is 20.7 Å². The number of nitrogens with zero attached hydrogens (tertiary/aromatic N) is 1. The summed E-state index contributed by atoms with van der Waals surface area (Å²) in [6.07, 6.45) is 3.47. The third-order valence-corrected chi connectivity index (χ3v) is 3.36. The maximum Gasteiger partial charge on any atom is 0.239 e. The number of carbonyl (C=O) groups excluding carboxylic acids is 1. The third-order valence-electron chi connectivity index (χ3n) is 3.36. The third kappa shape index (κ3) is 9.59. The molecule has 0 aliphatic carbocycles. The summed E-state index contributed by atoms with van der Waals surface area (Å²) in [5, 5.41) is 9.07. The molecule has 1 amide bonds. The molecule has 0 aliphatic heterocycles. The Balaban J connectivity index is 0.00000529. The summed E-state index contributed by atoms with van der Waals surface area (Å²) >= 11 is 0. The zero-order valence-corrected chi connectivity index (χ0v) is 17.1. The second-order valence-electron chi connectivity index (χ2n) is 5.18. The normalized spacial score (nSPS) is 10.5. The van der Waals surface area contributed by atoms with Crippen molar-refractivity contribution < 1.29 is 9.53 Å². The highest BCUT2D eigenvalue weighted by Crippen LogP contribution is 2.10. The van der Waals surface area contributed by atoms with Gasteiger partial charge in [0.25, 0.3) is 0 Å². The molecule has 0 heterocycles. The van der Waals surface area contributed by atoms with Crippen LogP contribution >= 0.6 is 24.0 Å². The molecule has 1 rings (SSSR count). The summed E-state index contributed by atoms with van der Waals surface area (Å²) in [7, 11) is 3.33. The van der Waals surface area contributed by atoms with E-state index in [2.05, 4.69) is 27.9 Å². The Hall–Kier alpha value is -1.51. The number of guanidine groups is 1. The van der Waals surface area contributed by atoms with Crippen LogP contribution in [0.1, 0.15) is 31.7 Å². The van der Waals surface area contributed by atoms with Crippen molar-refractivity contribution in [2.75, 3.05) is 27.2 Å². The molecule has 7 heteroatoms. The molecule has 0 aliphatic rings. The topological polar surface area (TPSA) is 74.8 Å². The molecule has 0 saturated carbocycles. The van der Waals surface area contributed by atoms with E-state index in [1.165, 1.54) is 12.8 Å². The van der Waals surface area contributed by atoms with Gasteiger partial charge in [-0.25, -0.2) is 0 Å². The number of benzene rings is 1. The molecule has 1 aromatic carbocycles. The van der Waals surface area contributed by atoms with Crippen LogP contribution in [0, 0.1) is 0 Å². The number of hydrogen-bond donors (Lipinski definition) is 3. The lowest BCUT2D eigenvalue weighted by Gasteiger charge is -2.12. The molecule has 0 atom stereocenters. The minimum atomic E-state index is -0.0719. The lowest BCUT2D eigenvalue weighted by atomic mass is 10.2. The number of nitrogens with one attached hydrogen (secondary N) is 3. The van der Waals surface area contributed by atoms with Gasteiger partial charge in [-0.3, -0.25) is 9.79 Å². The van der Waals surface area contributed by atoms with Gasteiger partial charge in [0.1, 0.15) is 5.75 Å². The van der Waals surface area contributed by atoms with E-state index in [9.17, 15) is 4.79 Å². The molecule has 6 nitrogen and oxygen atoms in total. The van der Waals surface area contributed by atoms with Crippen LogP contribution in [0.4, 0.5) is 0 Å². The van der Waals surface area contributed by atoms with Gasteiger partial charge in [-0.05, 0) is 24.1 Å². The van der Waals surface area contributed by atoms with Gasteiger partial charge in [0.2, 0.25) is 5.91 Å². The molecular weight excluding hydrogens is 419 g/mol. The predicted octanol–water partition coefficient (Wildman–Crippen LogP) is 2.28. The van der Waals surface area contributed by atoms with Gasteiger partial charge in [0, 0.05) is 20.1 Å². The van der Waals surface area contributed by atoms with Crippen molar-refractivity contribution in [2.45, 2.75) is 32.7 Å². The van der Waals surface area contributed by atoms with Gasteiger partial charge in [-0.2, -0.15) is 0 Å². The minimum Gasteiger partial charge on any atom is -0.497 e. The fourth-order valence-corrected chi connectivity index (χ4v) is 1.97. The zero-order valence-electron chi connectivity index (χ0n) is 14.7. The van der Waals surface area contributed by atoms with Crippen LogP contribution in [0.15, 0.2) is 29.3 Å². The van der Waals surface area contributed by atoms with E-state index in [0.717, 1.165) is 24.3 Å². The highest BCUT2D eigenvalue weighted by atomic mass is 127. The standard InChI is InChI=1S/C17H28N4O2.HI/c1-4-5-6-11-19-17(18-2)21-13-16(22)20-12-14-7-9-15(23-3)10-8-14;/h7-10H,4-6,11-13H2,1-3H3,(H,20,22)(H2,18,19,21);1H. The van der Waals surface area contributed by atoms with Crippen LogP contribution in [0.5, 0.6) is 5.75 Å². The van der Waals surface area contributed by atoms with Crippen molar-refractivity contribution >= 4 is 35.8 Å². The molecule has 24 heavy (non-hydrogen) atoms. The summed E-state index contributed by atoms with van der Waals surface area (Å²) in [6.45, 7) is 3.72. The van der Waals surface area contributed by atoms with E-state index < -0.39 is 0 Å². The van der Waals surface area contributed by atoms with Crippen LogP contribution < -0.4 is 20.7 Å². The number of aliphatic imine (C=N–C) groups is 1. The fraction of sp³-hybridized carbons (Fsp3) is 0.529. The predicted molar refractivity (Wildman–Crippen MR) is 109 cm³/mol. The molecule has 3 N–H and O–H groups in total. The lowest BCUT2D eigenvalue weighted by Crippen LogP contribution is -2.43. The van der Waals surface area contributed by atoms with Crippen molar-refractivity contribution in [1.29, 1.82) is 0 Å². The first kappa shape index (κ1) is 22.5. The van der Waals surface area contributed by atoms with Crippen LogP contribution in [-0.2, 0) is 11.3 Å². The molecule has 0 spiro atoms. The number of rotatable bonds is 9. The zero-order chi connectivity index (χ0) is 16.9. The number of amides is 1. The Morgan fingerprint density at radius 1 is 1.12 bits per heavy atom. The van der Waals surface area contributed by atoms with Crippen molar-refractivity contribution in [3.05, 3.63) is 29.8 Å². The molecule has 0 unspecified atom stereocenters.